The van der Waals surface area contributed by atoms with Gasteiger partial charge in [0.05, 0.1) is 10.8 Å². The molecule has 12 heavy (non-hydrogen) atoms. The Morgan fingerprint density at radius 1 is 1.58 bits per heavy atom. The summed E-state index contributed by atoms with van der Waals surface area (Å²) in [5.74, 6) is -0.422. The first kappa shape index (κ1) is 9.33. The van der Waals surface area contributed by atoms with E-state index < -0.39 is 5.82 Å². The zero-order valence-corrected chi connectivity index (χ0v) is 7.84. The highest BCUT2D eigenvalue weighted by atomic mass is 35.5. The number of halogens is 2. The molecule has 1 nitrogen and oxygen atoms in total. The molecule has 1 aromatic carbocycles. The molecule has 1 aromatic rings. The van der Waals surface area contributed by atoms with Gasteiger partial charge in [-0.25, -0.2) is 4.39 Å². The lowest BCUT2D eigenvalue weighted by Gasteiger charge is -2.00. The van der Waals surface area contributed by atoms with Crippen LogP contribution in [0, 0.1) is 12.7 Å². The van der Waals surface area contributed by atoms with Crippen LogP contribution in [0.3, 0.4) is 0 Å². The van der Waals surface area contributed by atoms with Gasteiger partial charge in [0.25, 0.3) is 0 Å². The number of benzene rings is 1. The number of nitrogens with zero attached hydrogens (tertiary/aromatic N) is 1. The van der Waals surface area contributed by atoms with Crippen LogP contribution in [0.15, 0.2) is 17.1 Å². The second-order valence-corrected chi connectivity index (χ2v) is 2.82. The monoisotopic (exact) mass is 201 g/mol. The van der Waals surface area contributed by atoms with Crippen LogP contribution in [0.5, 0.6) is 0 Å². The molecule has 0 fully saturated rings. The van der Waals surface area contributed by atoms with Gasteiger partial charge < -0.3 is 0 Å². The molecule has 4 heteroatoms. The fourth-order valence-corrected chi connectivity index (χ4v) is 1.10. The van der Waals surface area contributed by atoms with Gasteiger partial charge in [-0.2, -0.15) is 4.99 Å². The van der Waals surface area contributed by atoms with Crippen LogP contribution >= 0.6 is 23.8 Å². The molecule has 0 N–H and O–H groups in total. The van der Waals surface area contributed by atoms with E-state index in [9.17, 15) is 4.39 Å². The van der Waals surface area contributed by atoms with E-state index in [2.05, 4.69) is 22.4 Å². The first-order chi connectivity index (χ1) is 5.65. The van der Waals surface area contributed by atoms with Crippen LogP contribution in [-0.2, 0) is 0 Å². The van der Waals surface area contributed by atoms with E-state index in [4.69, 9.17) is 11.6 Å². The average Bonchev–Trinajstić information content (AvgIpc) is 2.00. The first-order valence-corrected chi connectivity index (χ1v) is 3.97. The molecule has 0 saturated heterocycles. The van der Waals surface area contributed by atoms with Crippen LogP contribution < -0.4 is 0 Å². The van der Waals surface area contributed by atoms with E-state index in [1.54, 1.807) is 6.92 Å². The van der Waals surface area contributed by atoms with Crippen molar-refractivity contribution in [1.82, 2.24) is 0 Å². The van der Waals surface area contributed by atoms with Crippen molar-refractivity contribution in [2.24, 2.45) is 4.99 Å². The minimum Gasteiger partial charge on any atom is -0.207 e. The van der Waals surface area contributed by atoms with E-state index in [-0.39, 0.29) is 0 Å². The predicted octanol–water partition coefficient (Wildman–Crippen LogP) is 3.52. The number of hydrogen-bond donors (Lipinski definition) is 0. The summed E-state index contributed by atoms with van der Waals surface area (Å²) in [5.41, 5.74) is 1.13. The van der Waals surface area contributed by atoms with E-state index in [1.807, 2.05) is 0 Å². The maximum Gasteiger partial charge on any atom is 0.126 e. The molecular formula is C8H5ClFNS. The third kappa shape index (κ3) is 1.89. The zero-order chi connectivity index (χ0) is 9.14. The maximum atomic E-state index is 12.7. The Balaban J connectivity index is 3.36. The van der Waals surface area contributed by atoms with E-state index in [0.717, 1.165) is 0 Å². The molecule has 0 aromatic heterocycles. The predicted molar refractivity (Wildman–Crippen MR) is 50.8 cm³/mol. The lowest BCUT2D eigenvalue weighted by atomic mass is 10.2. The summed E-state index contributed by atoms with van der Waals surface area (Å²) >= 11 is 10.1. The summed E-state index contributed by atoms with van der Waals surface area (Å²) in [6.07, 6.45) is 0. The molecule has 0 saturated carbocycles. The number of aliphatic imine (C=N–C) groups is 1. The smallest absolute Gasteiger partial charge is 0.126 e. The van der Waals surface area contributed by atoms with Crippen molar-refractivity contribution in [3.05, 3.63) is 28.5 Å². The summed E-state index contributed by atoms with van der Waals surface area (Å²) in [4.78, 5) is 3.67. The fourth-order valence-electron chi connectivity index (χ4n) is 0.797. The number of thiocarbonyl (C=S) groups is 1. The first-order valence-electron chi connectivity index (χ1n) is 3.18. The molecule has 1 rings (SSSR count). The van der Waals surface area contributed by atoms with Crippen LogP contribution in [0.2, 0.25) is 5.02 Å². The second kappa shape index (κ2) is 3.76. The highest BCUT2D eigenvalue weighted by Gasteiger charge is 2.03. The van der Waals surface area contributed by atoms with Crippen molar-refractivity contribution < 1.29 is 4.39 Å². The van der Waals surface area contributed by atoms with Gasteiger partial charge in [0.2, 0.25) is 0 Å². The Kier molecular flexibility index (Phi) is 2.93. The highest BCUT2D eigenvalue weighted by Crippen LogP contribution is 2.26. The third-order valence-corrected chi connectivity index (χ3v) is 1.93. The number of isothiocyanates is 1. The Morgan fingerprint density at radius 3 is 2.83 bits per heavy atom. The van der Waals surface area contributed by atoms with Gasteiger partial charge >= 0.3 is 0 Å². The summed E-state index contributed by atoms with van der Waals surface area (Å²) in [6, 6.07) is 2.50. The summed E-state index contributed by atoms with van der Waals surface area (Å²) in [7, 11) is 0. The Labute approximate surface area is 79.9 Å². The molecule has 0 bridgehead atoms. The topological polar surface area (TPSA) is 12.4 Å². The van der Waals surface area contributed by atoms with Crippen molar-refractivity contribution in [3.63, 3.8) is 0 Å². The van der Waals surface area contributed by atoms with Gasteiger partial charge in [0.1, 0.15) is 5.82 Å². The molecule has 62 valence electrons. The van der Waals surface area contributed by atoms with Gasteiger partial charge in [0, 0.05) is 11.1 Å². The molecule has 0 atom stereocenters. The van der Waals surface area contributed by atoms with Gasteiger partial charge in [-0.05, 0) is 30.8 Å². The number of hydrogen-bond acceptors (Lipinski definition) is 2. The van der Waals surface area contributed by atoms with Gasteiger partial charge in [-0.1, -0.05) is 11.6 Å². The van der Waals surface area contributed by atoms with E-state index in [0.29, 0.717) is 16.3 Å². The van der Waals surface area contributed by atoms with E-state index >= 15 is 0 Å². The summed E-state index contributed by atoms with van der Waals surface area (Å²) in [5, 5.41) is 2.51. The molecule has 0 radical (unpaired) electrons. The maximum absolute atomic E-state index is 12.7. The second-order valence-electron chi connectivity index (χ2n) is 2.23. The van der Waals surface area contributed by atoms with Crippen LogP contribution in [0.4, 0.5) is 10.1 Å². The van der Waals surface area contributed by atoms with E-state index in [1.165, 1.54) is 12.1 Å². The third-order valence-electron chi connectivity index (χ3n) is 1.45. The molecule has 0 amide bonds. The molecule has 0 spiro atoms. The average molecular weight is 202 g/mol. The van der Waals surface area contributed by atoms with Crippen molar-refractivity contribution in [1.29, 1.82) is 0 Å². The van der Waals surface area contributed by atoms with Crippen molar-refractivity contribution in [2.45, 2.75) is 6.92 Å². The lowest BCUT2D eigenvalue weighted by molar-refractivity contribution is 0.628. The Morgan fingerprint density at radius 2 is 2.25 bits per heavy atom. The zero-order valence-electron chi connectivity index (χ0n) is 6.27. The van der Waals surface area contributed by atoms with Crippen molar-refractivity contribution in [2.75, 3.05) is 0 Å². The van der Waals surface area contributed by atoms with Crippen LogP contribution in [-0.4, -0.2) is 5.16 Å². The van der Waals surface area contributed by atoms with Gasteiger partial charge in [0.15, 0.2) is 0 Å². The normalized spacial score (nSPS) is 9.25. The van der Waals surface area contributed by atoms with Crippen molar-refractivity contribution >= 4 is 34.7 Å². The SMILES string of the molecule is Cc1c(Cl)cc(F)cc1N=C=S. The molecule has 0 aliphatic heterocycles. The Hall–Kier alpha value is -0.760. The minimum absolute atomic E-state index is 0.346. The molecule has 0 aliphatic rings. The largest absolute Gasteiger partial charge is 0.207 e. The molecular weight excluding hydrogens is 197 g/mol. The minimum atomic E-state index is -0.422. The number of rotatable bonds is 1. The fraction of sp³-hybridized carbons (Fsp3) is 0.125. The van der Waals surface area contributed by atoms with Crippen molar-refractivity contribution in [3.8, 4) is 0 Å². The Bertz CT molecular complexity index is 358. The molecule has 0 unspecified atom stereocenters. The molecule has 0 heterocycles. The van der Waals surface area contributed by atoms with Gasteiger partial charge in [-0.15, -0.1) is 0 Å². The highest BCUT2D eigenvalue weighted by molar-refractivity contribution is 7.78. The van der Waals surface area contributed by atoms with Crippen LogP contribution in [0.1, 0.15) is 5.56 Å². The molecule has 0 aliphatic carbocycles. The lowest BCUT2D eigenvalue weighted by Crippen LogP contribution is -1.80. The van der Waals surface area contributed by atoms with Crippen LogP contribution in [0.25, 0.3) is 0 Å². The summed E-state index contributed by atoms with van der Waals surface area (Å²) in [6.45, 7) is 1.74. The standard InChI is InChI=1S/C8H5ClFNS/c1-5-7(9)2-6(10)3-8(5)11-4-12/h2-3H,1H3. The quantitative estimate of drug-likeness (QED) is 0.500. The summed E-state index contributed by atoms with van der Waals surface area (Å²) < 4.78 is 12.7. The van der Waals surface area contributed by atoms with Gasteiger partial charge in [-0.3, -0.25) is 0 Å².